The number of nitrogens with one attached hydrogen (secondary N) is 1. The molecule has 122 valence electrons. The molecule has 1 atom stereocenters. The molecular formula is C16H25N3O3. The third-order valence-corrected chi connectivity index (χ3v) is 3.55. The second-order valence-electron chi connectivity index (χ2n) is 6.52. The molecule has 0 saturated heterocycles. The molecule has 0 aliphatic heterocycles. The number of hydrogen-bond acceptors (Lipinski definition) is 4. The number of nitro benzene ring substituents is 1. The lowest BCUT2D eigenvalue weighted by atomic mass is 9.87. The molecule has 6 heteroatoms. The molecule has 0 spiro atoms. The molecule has 1 rings (SSSR count). The summed E-state index contributed by atoms with van der Waals surface area (Å²) in [5, 5.41) is 13.4. The van der Waals surface area contributed by atoms with Crippen molar-refractivity contribution in [1.29, 1.82) is 0 Å². The van der Waals surface area contributed by atoms with E-state index in [1.165, 1.54) is 12.1 Å². The van der Waals surface area contributed by atoms with Crippen LogP contribution >= 0.6 is 0 Å². The molecule has 0 unspecified atom stereocenters. The molecular weight excluding hydrogens is 282 g/mol. The Bertz CT molecular complexity index is 506. The normalized spacial score (nSPS) is 12.7. The highest BCUT2D eigenvalue weighted by atomic mass is 16.6. The molecule has 22 heavy (non-hydrogen) atoms. The van der Waals surface area contributed by atoms with Gasteiger partial charge in [0.15, 0.2) is 0 Å². The van der Waals surface area contributed by atoms with Crippen LogP contribution in [0.2, 0.25) is 0 Å². The summed E-state index contributed by atoms with van der Waals surface area (Å²) in [7, 11) is 0. The van der Waals surface area contributed by atoms with E-state index in [1.54, 1.807) is 12.1 Å². The minimum Gasteiger partial charge on any atom is -0.355 e. The maximum atomic E-state index is 11.8. The van der Waals surface area contributed by atoms with E-state index in [0.29, 0.717) is 6.54 Å². The van der Waals surface area contributed by atoms with E-state index in [0.717, 1.165) is 24.8 Å². The monoisotopic (exact) mass is 307 g/mol. The Morgan fingerprint density at radius 2 is 1.86 bits per heavy atom. The van der Waals surface area contributed by atoms with Crippen molar-refractivity contribution in [3.63, 3.8) is 0 Å². The van der Waals surface area contributed by atoms with Crippen molar-refractivity contribution in [2.24, 2.45) is 11.1 Å². The Morgan fingerprint density at radius 3 is 2.36 bits per heavy atom. The minimum absolute atomic E-state index is 0.104. The molecule has 3 N–H and O–H groups in total. The molecule has 0 aromatic heterocycles. The standard InChI is InChI=1S/C16H25N3O3/c1-16(2,3)14(17)15(20)18-11-5-4-6-12-7-9-13(10-8-12)19(21)22/h7-10,14H,4-6,11,17H2,1-3H3,(H,18,20)/t14-/m1/s1. The first-order valence-electron chi connectivity index (χ1n) is 7.48. The van der Waals surface area contributed by atoms with Crippen LogP contribution in [-0.4, -0.2) is 23.4 Å². The quantitative estimate of drug-likeness (QED) is 0.459. The van der Waals surface area contributed by atoms with Crippen LogP contribution in [0.25, 0.3) is 0 Å². The summed E-state index contributed by atoms with van der Waals surface area (Å²) in [5.41, 5.74) is 6.79. The predicted molar refractivity (Wildman–Crippen MR) is 86.5 cm³/mol. The second kappa shape index (κ2) is 7.89. The summed E-state index contributed by atoms with van der Waals surface area (Å²) in [6, 6.07) is 6.05. The van der Waals surface area contributed by atoms with Gasteiger partial charge in [0, 0.05) is 18.7 Å². The van der Waals surface area contributed by atoms with Crippen molar-refractivity contribution in [1.82, 2.24) is 5.32 Å². The summed E-state index contributed by atoms with van der Waals surface area (Å²) < 4.78 is 0. The van der Waals surface area contributed by atoms with Crippen LogP contribution in [0.4, 0.5) is 5.69 Å². The van der Waals surface area contributed by atoms with Crippen LogP contribution in [0.5, 0.6) is 0 Å². The van der Waals surface area contributed by atoms with Gasteiger partial charge in [0.25, 0.3) is 5.69 Å². The average molecular weight is 307 g/mol. The summed E-state index contributed by atoms with van der Waals surface area (Å²) in [6.45, 7) is 6.40. The summed E-state index contributed by atoms with van der Waals surface area (Å²) >= 11 is 0. The number of aryl methyl sites for hydroxylation is 1. The van der Waals surface area contributed by atoms with Crippen LogP contribution in [0.15, 0.2) is 24.3 Å². The fraction of sp³-hybridized carbons (Fsp3) is 0.562. The lowest BCUT2D eigenvalue weighted by molar-refractivity contribution is -0.384. The number of carbonyl (C=O) groups excluding carboxylic acids is 1. The van der Waals surface area contributed by atoms with Crippen LogP contribution in [0.1, 0.15) is 39.2 Å². The zero-order chi connectivity index (χ0) is 16.8. The maximum absolute atomic E-state index is 11.8. The SMILES string of the molecule is CC(C)(C)[C@H](N)C(=O)NCCCCc1ccc([N+](=O)[O-])cc1. The number of nitrogens with two attached hydrogens (primary N) is 1. The number of nitro groups is 1. The van der Waals surface area contributed by atoms with Gasteiger partial charge in [-0.3, -0.25) is 14.9 Å². The highest BCUT2D eigenvalue weighted by Gasteiger charge is 2.26. The Kier molecular flexibility index (Phi) is 6.49. The Balaban J connectivity index is 2.26. The molecule has 0 saturated carbocycles. The first-order valence-corrected chi connectivity index (χ1v) is 7.48. The number of hydrogen-bond donors (Lipinski definition) is 2. The Labute approximate surface area is 131 Å². The van der Waals surface area contributed by atoms with E-state index in [-0.39, 0.29) is 17.0 Å². The van der Waals surface area contributed by atoms with Gasteiger partial charge >= 0.3 is 0 Å². The van der Waals surface area contributed by atoms with E-state index in [9.17, 15) is 14.9 Å². The summed E-state index contributed by atoms with van der Waals surface area (Å²) in [6.07, 6.45) is 2.58. The van der Waals surface area contributed by atoms with Crippen LogP contribution in [-0.2, 0) is 11.2 Å². The van der Waals surface area contributed by atoms with Gasteiger partial charge < -0.3 is 11.1 Å². The first-order chi connectivity index (χ1) is 10.2. The number of unbranched alkanes of at least 4 members (excludes halogenated alkanes) is 1. The zero-order valence-corrected chi connectivity index (χ0v) is 13.5. The minimum atomic E-state index is -0.512. The van der Waals surface area contributed by atoms with E-state index in [1.807, 2.05) is 20.8 Å². The van der Waals surface area contributed by atoms with Gasteiger partial charge in [-0.05, 0) is 30.2 Å². The van der Waals surface area contributed by atoms with Crippen molar-refractivity contribution in [2.75, 3.05) is 6.54 Å². The van der Waals surface area contributed by atoms with Crippen molar-refractivity contribution in [2.45, 2.75) is 46.1 Å². The third kappa shape index (κ3) is 5.81. The number of rotatable bonds is 7. The van der Waals surface area contributed by atoms with Crippen molar-refractivity contribution >= 4 is 11.6 Å². The Morgan fingerprint density at radius 1 is 1.27 bits per heavy atom. The molecule has 1 aromatic rings. The van der Waals surface area contributed by atoms with Crippen molar-refractivity contribution in [3.8, 4) is 0 Å². The molecule has 0 aliphatic rings. The van der Waals surface area contributed by atoms with Gasteiger partial charge in [-0.25, -0.2) is 0 Å². The van der Waals surface area contributed by atoms with E-state index >= 15 is 0 Å². The summed E-state index contributed by atoms with van der Waals surface area (Å²) in [4.78, 5) is 22.0. The molecule has 0 bridgehead atoms. The zero-order valence-electron chi connectivity index (χ0n) is 13.5. The highest BCUT2D eigenvalue weighted by molar-refractivity contribution is 5.82. The maximum Gasteiger partial charge on any atom is 0.269 e. The lowest BCUT2D eigenvalue weighted by Crippen LogP contribution is -2.48. The number of amides is 1. The fourth-order valence-electron chi connectivity index (χ4n) is 1.95. The molecule has 0 aliphatic carbocycles. The smallest absolute Gasteiger partial charge is 0.269 e. The topological polar surface area (TPSA) is 98.3 Å². The van der Waals surface area contributed by atoms with Gasteiger partial charge in [0.1, 0.15) is 0 Å². The van der Waals surface area contributed by atoms with Gasteiger partial charge in [0.05, 0.1) is 11.0 Å². The molecule has 0 heterocycles. The van der Waals surface area contributed by atoms with Gasteiger partial charge in [0.2, 0.25) is 5.91 Å². The van der Waals surface area contributed by atoms with Crippen LogP contribution in [0.3, 0.4) is 0 Å². The number of non-ortho nitro benzene ring substituents is 1. The predicted octanol–water partition coefficient (Wildman–Crippen LogP) is 2.41. The second-order valence-corrected chi connectivity index (χ2v) is 6.52. The first kappa shape index (κ1) is 18.1. The van der Waals surface area contributed by atoms with Gasteiger partial charge in [-0.15, -0.1) is 0 Å². The van der Waals surface area contributed by atoms with E-state index in [4.69, 9.17) is 5.73 Å². The molecule has 1 aromatic carbocycles. The molecule has 6 nitrogen and oxygen atoms in total. The average Bonchev–Trinajstić information content (AvgIpc) is 2.45. The third-order valence-electron chi connectivity index (χ3n) is 3.55. The number of benzene rings is 1. The number of carbonyl (C=O) groups is 1. The molecule has 0 fully saturated rings. The van der Waals surface area contributed by atoms with Gasteiger partial charge in [-0.1, -0.05) is 32.9 Å². The molecule has 0 radical (unpaired) electrons. The van der Waals surface area contributed by atoms with Crippen molar-refractivity contribution < 1.29 is 9.72 Å². The summed E-state index contributed by atoms with van der Waals surface area (Å²) in [5.74, 6) is -0.122. The fourth-order valence-corrected chi connectivity index (χ4v) is 1.95. The van der Waals surface area contributed by atoms with Gasteiger partial charge in [-0.2, -0.15) is 0 Å². The van der Waals surface area contributed by atoms with Crippen molar-refractivity contribution in [3.05, 3.63) is 39.9 Å². The lowest BCUT2D eigenvalue weighted by Gasteiger charge is -2.25. The van der Waals surface area contributed by atoms with Crippen LogP contribution < -0.4 is 11.1 Å². The van der Waals surface area contributed by atoms with E-state index < -0.39 is 11.0 Å². The highest BCUT2D eigenvalue weighted by Crippen LogP contribution is 2.17. The molecule has 1 amide bonds. The number of nitrogens with zero attached hydrogens (tertiary/aromatic N) is 1. The van der Waals surface area contributed by atoms with Crippen LogP contribution in [0, 0.1) is 15.5 Å². The largest absolute Gasteiger partial charge is 0.355 e. The Hall–Kier alpha value is -1.95. The van der Waals surface area contributed by atoms with E-state index in [2.05, 4.69) is 5.32 Å².